The third kappa shape index (κ3) is 2.22. The van der Waals surface area contributed by atoms with E-state index in [1.54, 1.807) is 0 Å². The van der Waals surface area contributed by atoms with E-state index in [9.17, 15) is 4.57 Å². The van der Waals surface area contributed by atoms with E-state index in [4.69, 9.17) is 0 Å². The molecule has 1 nitrogen and oxygen atoms in total. The fraction of sp³-hybridized carbons (Fsp3) is 0.400. The Morgan fingerprint density at radius 3 is 2.42 bits per heavy atom. The van der Waals surface area contributed by atoms with Crippen molar-refractivity contribution in [3.63, 3.8) is 0 Å². The van der Waals surface area contributed by atoms with Crippen molar-refractivity contribution in [1.29, 1.82) is 0 Å². The molecule has 0 heterocycles. The average molecular weight is 182 g/mol. The van der Waals surface area contributed by atoms with E-state index in [1.165, 1.54) is 0 Å². The summed E-state index contributed by atoms with van der Waals surface area (Å²) in [5, 5.41) is 1.01. The van der Waals surface area contributed by atoms with Gasteiger partial charge in [-0.2, -0.15) is 0 Å². The lowest BCUT2D eigenvalue weighted by molar-refractivity contribution is 0.584. The quantitative estimate of drug-likeness (QED) is 0.657. The van der Waals surface area contributed by atoms with Gasteiger partial charge in [0.25, 0.3) is 0 Å². The number of benzene rings is 1. The van der Waals surface area contributed by atoms with Gasteiger partial charge in [0.2, 0.25) is 0 Å². The van der Waals surface area contributed by atoms with Crippen molar-refractivity contribution in [3.05, 3.63) is 30.3 Å². The molecule has 1 aromatic carbocycles. The second-order valence-electron chi connectivity index (χ2n) is 3.04. The third-order valence-corrected chi connectivity index (χ3v) is 4.32. The first-order valence-electron chi connectivity index (χ1n) is 4.35. The molecule has 0 fully saturated rings. The Labute approximate surface area is 74.6 Å². The number of rotatable bonds is 3. The Balaban J connectivity index is 2.79. The molecule has 0 aliphatic heterocycles. The maximum atomic E-state index is 11.8. The maximum Gasteiger partial charge on any atom is 0.106 e. The summed E-state index contributed by atoms with van der Waals surface area (Å²) in [7, 11) is -1.55. The first kappa shape index (κ1) is 9.54. The molecule has 2 unspecified atom stereocenters. The van der Waals surface area contributed by atoms with E-state index in [2.05, 4.69) is 6.92 Å². The van der Waals surface area contributed by atoms with Crippen LogP contribution in [0, 0.1) is 0 Å². The zero-order chi connectivity index (χ0) is 8.97. The van der Waals surface area contributed by atoms with Gasteiger partial charge < -0.3 is 4.57 Å². The lowest BCUT2D eigenvalue weighted by Crippen LogP contribution is -2.03. The van der Waals surface area contributed by atoms with E-state index in [0.717, 1.165) is 11.7 Å². The molecule has 0 spiro atoms. The summed E-state index contributed by atoms with van der Waals surface area (Å²) in [6, 6.07) is 9.75. The summed E-state index contributed by atoms with van der Waals surface area (Å²) in [6.45, 7) is 4.13. The zero-order valence-corrected chi connectivity index (χ0v) is 8.58. The predicted molar refractivity (Wildman–Crippen MR) is 54.8 cm³/mol. The van der Waals surface area contributed by atoms with Gasteiger partial charge in [-0.05, 0) is 6.42 Å². The largest absolute Gasteiger partial charge is 0.322 e. The minimum atomic E-state index is -1.55. The topological polar surface area (TPSA) is 17.1 Å². The highest BCUT2D eigenvalue weighted by molar-refractivity contribution is 7.54. The SMILES string of the molecule is CCC(C)[PH](=O)c1ccccc1. The van der Waals surface area contributed by atoms with Gasteiger partial charge in [-0.15, -0.1) is 0 Å². The molecule has 66 valence electrons. The van der Waals surface area contributed by atoms with E-state index in [1.807, 2.05) is 37.3 Å². The normalized spacial score (nSPS) is 15.5. The molecule has 12 heavy (non-hydrogen) atoms. The molecule has 0 saturated heterocycles. The van der Waals surface area contributed by atoms with Crippen LogP contribution >= 0.6 is 7.80 Å². The minimum Gasteiger partial charge on any atom is -0.322 e. The molecule has 0 N–H and O–H groups in total. The Morgan fingerprint density at radius 2 is 1.92 bits per heavy atom. The molecule has 0 bridgehead atoms. The van der Waals surface area contributed by atoms with Crippen molar-refractivity contribution in [2.75, 3.05) is 0 Å². The van der Waals surface area contributed by atoms with Crippen molar-refractivity contribution >= 4 is 13.1 Å². The molecule has 0 aromatic heterocycles. The molecular formula is C10H15OP. The lowest BCUT2D eigenvalue weighted by Gasteiger charge is -2.07. The summed E-state index contributed by atoms with van der Waals surface area (Å²) < 4.78 is 11.8. The van der Waals surface area contributed by atoms with Gasteiger partial charge in [-0.3, -0.25) is 0 Å². The average Bonchev–Trinajstić information content (AvgIpc) is 2.17. The van der Waals surface area contributed by atoms with E-state index in [0.29, 0.717) is 5.66 Å². The Hall–Kier alpha value is -0.550. The van der Waals surface area contributed by atoms with E-state index < -0.39 is 7.80 Å². The molecule has 0 aliphatic rings. The van der Waals surface area contributed by atoms with Crippen LogP contribution in [-0.2, 0) is 4.57 Å². The second kappa shape index (κ2) is 4.47. The van der Waals surface area contributed by atoms with Crippen LogP contribution in [0.2, 0.25) is 0 Å². The van der Waals surface area contributed by atoms with Crippen LogP contribution in [0.1, 0.15) is 20.3 Å². The molecular weight excluding hydrogens is 167 g/mol. The van der Waals surface area contributed by atoms with E-state index in [-0.39, 0.29) is 0 Å². The number of hydrogen-bond acceptors (Lipinski definition) is 1. The van der Waals surface area contributed by atoms with Crippen molar-refractivity contribution in [3.8, 4) is 0 Å². The maximum absolute atomic E-state index is 11.8. The van der Waals surface area contributed by atoms with Crippen LogP contribution in [0.5, 0.6) is 0 Å². The lowest BCUT2D eigenvalue weighted by atomic mass is 10.4. The number of hydrogen-bond donors (Lipinski definition) is 0. The summed E-state index contributed by atoms with van der Waals surface area (Å²) in [5.74, 6) is 0. The van der Waals surface area contributed by atoms with Gasteiger partial charge in [0.15, 0.2) is 0 Å². The molecule has 1 aromatic rings. The van der Waals surface area contributed by atoms with Crippen LogP contribution in [0.4, 0.5) is 0 Å². The second-order valence-corrected chi connectivity index (χ2v) is 5.33. The molecule has 0 amide bonds. The first-order chi connectivity index (χ1) is 5.75. The molecule has 2 heteroatoms. The molecule has 1 rings (SSSR count). The Morgan fingerprint density at radius 1 is 1.33 bits per heavy atom. The van der Waals surface area contributed by atoms with Gasteiger partial charge in [0.1, 0.15) is 7.80 Å². The smallest absolute Gasteiger partial charge is 0.106 e. The van der Waals surface area contributed by atoms with Gasteiger partial charge in [-0.25, -0.2) is 0 Å². The summed E-state index contributed by atoms with van der Waals surface area (Å²) in [4.78, 5) is 0. The first-order valence-corrected chi connectivity index (χ1v) is 5.83. The zero-order valence-electron chi connectivity index (χ0n) is 7.58. The molecule has 0 saturated carbocycles. The van der Waals surface area contributed by atoms with Crippen molar-refractivity contribution in [1.82, 2.24) is 0 Å². The van der Waals surface area contributed by atoms with Crippen LogP contribution in [0.3, 0.4) is 0 Å². The third-order valence-electron chi connectivity index (χ3n) is 2.12. The van der Waals surface area contributed by atoms with Crippen LogP contribution in [0.15, 0.2) is 30.3 Å². The van der Waals surface area contributed by atoms with Gasteiger partial charge in [0.05, 0.1) is 0 Å². The minimum absolute atomic E-state index is 0.331. The highest BCUT2D eigenvalue weighted by Gasteiger charge is 2.09. The molecule has 2 atom stereocenters. The summed E-state index contributed by atoms with van der Waals surface area (Å²) >= 11 is 0. The Kier molecular flexibility index (Phi) is 3.55. The fourth-order valence-corrected chi connectivity index (χ4v) is 2.53. The van der Waals surface area contributed by atoms with Crippen LogP contribution in [0.25, 0.3) is 0 Å². The highest BCUT2D eigenvalue weighted by atomic mass is 31.1. The monoisotopic (exact) mass is 182 g/mol. The fourth-order valence-electron chi connectivity index (χ4n) is 1.07. The predicted octanol–water partition coefficient (Wildman–Crippen LogP) is 2.67. The molecule has 0 radical (unpaired) electrons. The van der Waals surface area contributed by atoms with Crippen molar-refractivity contribution in [2.45, 2.75) is 25.9 Å². The van der Waals surface area contributed by atoms with Gasteiger partial charge >= 0.3 is 0 Å². The van der Waals surface area contributed by atoms with Gasteiger partial charge in [0, 0.05) is 11.0 Å². The molecule has 0 aliphatic carbocycles. The van der Waals surface area contributed by atoms with Crippen molar-refractivity contribution in [2.24, 2.45) is 0 Å². The Bertz CT molecular complexity index is 256. The summed E-state index contributed by atoms with van der Waals surface area (Å²) in [5.41, 5.74) is 0.331. The highest BCUT2D eigenvalue weighted by Crippen LogP contribution is 2.28. The standard InChI is InChI=1S/C10H15OP/c1-3-9(2)12(11)10-7-5-4-6-8-10/h4-9,12H,3H2,1-2H3. The summed E-state index contributed by atoms with van der Waals surface area (Å²) in [6.07, 6.45) is 0.993. The van der Waals surface area contributed by atoms with Crippen LogP contribution < -0.4 is 5.30 Å². The van der Waals surface area contributed by atoms with Crippen LogP contribution in [-0.4, -0.2) is 5.66 Å². The van der Waals surface area contributed by atoms with E-state index >= 15 is 0 Å². The van der Waals surface area contributed by atoms with Crippen molar-refractivity contribution < 1.29 is 4.57 Å². The van der Waals surface area contributed by atoms with Gasteiger partial charge in [-0.1, -0.05) is 44.2 Å².